The van der Waals surface area contributed by atoms with Crippen molar-refractivity contribution in [3.05, 3.63) is 104 Å². The van der Waals surface area contributed by atoms with Crippen molar-refractivity contribution in [3.8, 4) is 11.5 Å². The Hall–Kier alpha value is -4.06. The summed E-state index contributed by atoms with van der Waals surface area (Å²) in [6.07, 6.45) is 0. The van der Waals surface area contributed by atoms with Crippen molar-refractivity contribution in [3.63, 3.8) is 0 Å². The van der Waals surface area contributed by atoms with Crippen LogP contribution < -0.4 is 14.9 Å². The lowest BCUT2D eigenvalue weighted by molar-refractivity contribution is 0.0771. The molecule has 0 bridgehead atoms. The predicted octanol–water partition coefficient (Wildman–Crippen LogP) is 5.56. The second kappa shape index (κ2) is 8.95. The number of carbonyl (C=O) groups excluding carboxylic acids is 1. The van der Waals surface area contributed by atoms with E-state index in [1.807, 2.05) is 81.4 Å². The normalized spacial score (nSPS) is 14.9. The summed E-state index contributed by atoms with van der Waals surface area (Å²) in [7, 11) is 1.68. The fourth-order valence-electron chi connectivity index (χ4n) is 4.55. The van der Waals surface area contributed by atoms with E-state index in [0.29, 0.717) is 41.2 Å². The Balaban J connectivity index is 1.58. The highest BCUT2D eigenvalue weighted by Crippen LogP contribution is 2.40. The third-order valence-corrected chi connectivity index (χ3v) is 6.54. The molecule has 0 aliphatic carbocycles. The molecule has 6 heteroatoms. The first-order valence-corrected chi connectivity index (χ1v) is 11.7. The maximum atomic E-state index is 13.6. The van der Waals surface area contributed by atoms with Gasteiger partial charge >= 0.3 is 0 Å². The summed E-state index contributed by atoms with van der Waals surface area (Å²) in [6.45, 7) is 6.67. The van der Waals surface area contributed by atoms with Crippen molar-refractivity contribution in [1.82, 2.24) is 4.90 Å². The molecule has 0 saturated heterocycles. The van der Waals surface area contributed by atoms with Gasteiger partial charge in [0.25, 0.3) is 5.91 Å². The van der Waals surface area contributed by atoms with E-state index in [-0.39, 0.29) is 17.1 Å². The summed E-state index contributed by atoms with van der Waals surface area (Å²) in [5.41, 5.74) is 4.40. The molecule has 3 aromatic carbocycles. The van der Waals surface area contributed by atoms with Gasteiger partial charge in [-0.25, -0.2) is 0 Å². The molecular weight excluding hydrogens is 442 g/mol. The molecule has 1 unspecified atom stereocenters. The third kappa shape index (κ3) is 3.95. The van der Waals surface area contributed by atoms with E-state index in [0.717, 1.165) is 22.3 Å². The van der Waals surface area contributed by atoms with Crippen LogP contribution in [0.25, 0.3) is 11.0 Å². The number of ether oxygens (including phenoxy) is 2. The molecule has 0 spiro atoms. The van der Waals surface area contributed by atoms with Crippen LogP contribution in [0.2, 0.25) is 0 Å². The van der Waals surface area contributed by atoms with Gasteiger partial charge in [0, 0.05) is 7.05 Å². The number of rotatable bonds is 6. The van der Waals surface area contributed by atoms with Crippen molar-refractivity contribution in [2.24, 2.45) is 0 Å². The SMILES string of the molecule is CCOc1cc(C2c3c(oc4cc(C)c(C)cc4c3=O)C(=O)N2C)ccc1OCc1ccccc1. The highest BCUT2D eigenvalue weighted by molar-refractivity contribution is 5.99. The monoisotopic (exact) mass is 469 g/mol. The summed E-state index contributed by atoms with van der Waals surface area (Å²) in [5.74, 6) is 0.945. The minimum atomic E-state index is -0.581. The van der Waals surface area contributed by atoms with E-state index in [1.165, 1.54) is 0 Å². The van der Waals surface area contributed by atoms with E-state index >= 15 is 0 Å². The molecule has 2 heterocycles. The average molecular weight is 470 g/mol. The van der Waals surface area contributed by atoms with Gasteiger partial charge in [-0.05, 0) is 67.3 Å². The summed E-state index contributed by atoms with van der Waals surface area (Å²) in [6, 6.07) is 18.5. The van der Waals surface area contributed by atoms with Gasteiger partial charge < -0.3 is 18.8 Å². The second-order valence-electron chi connectivity index (χ2n) is 8.84. The standard InChI is InChI=1S/C29H27NO5/c1-5-33-24-15-20(11-12-22(24)34-16-19-9-7-6-8-10-19)26-25-27(31)21-13-17(2)18(3)14-23(21)35-28(25)29(32)30(26)4/h6-15,26H,5,16H2,1-4H3. The lowest BCUT2D eigenvalue weighted by atomic mass is 9.97. The van der Waals surface area contributed by atoms with E-state index in [1.54, 1.807) is 11.9 Å². The van der Waals surface area contributed by atoms with Crippen molar-refractivity contribution in [2.45, 2.75) is 33.4 Å². The highest BCUT2D eigenvalue weighted by atomic mass is 16.5. The summed E-state index contributed by atoms with van der Waals surface area (Å²) < 4.78 is 17.9. The van der Waals surface area contributed by atoms with Gasteiger partial charge in [0.2, 0.25) is 5.76 Å². The number of aryl methyl sites for hydroxylation is 2. The summed E-state index contributed by atoms with van der Waals surface area (Å²) >= 11 is 0. The minimum absolute atomic E-state index is 0.0978. The van der Waals surface area contributed by atoms with Crippen LogP contribution in [0.1, 0.15) is 51.3 Å². The predicted molar refractivity (Wildman–Crippen MR) is 134 cm³/mol. The Morgan fingerprint density at radius 1 is 0.914 bits per heavy atom. The zero-order chi connectivity index (χ0) is 24.7. The molecule has 1 aromatic heterocycles. The number of carbonyl (C=O) groups is 1. The number of fused-ring (bicyclic) bond motifs is 2. The van der Waals surface area contributed by atoms with Crippen molar-refractivity contribution < 1.29 is 18.7 Å². The maximum absolute atomic E-state index is 13.6. The molecule has 178 valence electrons. The van der Waals surface area contributed by atoms with E-state index in [2.05, 4.69) is 0 Å². The number of benzene rings is 3. The zero-order valence-corrected chi connectivity index (χ0v) is 20.3. The maximum Gasteiger partial charge on any atom is 0.290 e. The Morgan fingerprint density at radius 3 is 2.40 bits per heavy atom. The second-order valence-corrected chi connectivity index (χ2v) is 8.84. The number of hydrogen-bond acceptors (Lipinski definition) is 5. The Morgan fingerprint density at radius 2 is 1.66 bits per heavy atom. The number of hydrogen-bond donors (Lipinski definition) is 0. The van der Waals surface area contributed by atoms with Gasteiger partial charge in [0.05, 0.1) is 23.6 Å². The molecule has 1 atom stereocenters. The van der Waals surface area contributed by atoms with Gasteiger partial charge in [0.15, 0.2) is 16.9 Å². The molecule has 0 radical (unpaired) electrons. The lowest BCUT2D eigenvalue weighted by Crippen LogP contribution is -2.25. The summed E-state index contributed by atoms with van der Waals surface area (Å²) in [4.78, 5) is 28.2. The van der Waals surface area contributed by atoms with Gasteiger partial charge in [-0.2, -0.15) is 0 Å². The lowest BCUT2D eigenvalue weighted by Gasteiger charge is -2.22. The van der Waals surface area contributed by atoms with Crippen LogP contribution in [0.3, 0.4) is 0 Å². The Kier molecular flexibility index (Phi) is 5.81. The van der Waals surface area contributed by atoms with E-state index in [4.69, 9.17) is 13.9 Å². The molecule has 5 rings (SSSR count). The molecule has 0 N–H and O–H groups in total. The van der Waals surface area contributed by atoms with Gasteiger partial charge in [-0.15, -0.1) is 0 Å². The first-order valence-electron chi connectivity index (χ1n) is 11.7. The first kappa shape index (κ1) is 22.7. The van der Waals surface area contributed by atoms with Gasteiger partial charge in [-0.1, -0.05) is 36.4 Å². The number of nitrogens with zero attached hydrogens (tertiary/aromatic N) is 1. The zero-order valence-electron chi connectivity index (χ0n) is 20.3. The summed E-state index contributed by atoms with van der Waals surface area (Å²) in [5, 5.41) is 0.479. The van der Waals surface area contributed by atoms with Crippen molar-refractivity contribution >= 4 is 16.9 Å². The molecule has 1 aliphatic rings. The fraction of sp³-hybridized carbons (Fsp3) is 0.241. The van der Waals surface area contributed by atoms with Crippen LogP contribution in [0.4, 0.5) is 0 Å². The molecule has 4 aromatic rings. The van der Waals surface area contributed by atoms with Crippen LogP contribution in [-0.2, 0) is 6.61 Å². The van der Waals surface area contributed by atoms with Crippen molar-refractivity contribution in [1.29, 1.82) is 0 Å². The Bertz CT molecular complexity index is 1490. The molecular formula is C29H27NO5. The third-order valence-electron chi connectivity index (χ3n) is 6.54. The fourth-order valence-corrected chi connectivity index (χ4v) is 4.55. The van der Waals surface area contributed by atoms with Crippen LogP contribution >= 0.6 is 0 Å². The minimum Gasteiger partial charge on any atom is -0.490 e. The quantitative estimate of drug-likeness (QED) is 0.370. The molecule has 35 heavy (non-hydrogen) atoms. The molecule has 1 amide bonds. The number of amides is 1. The van der Waals surface area contributed by atoms with Crippen molar-refractivity contribution in [2.75, 3.05) is 13.7 Å². The molecule has 0 fully saturated rings. The smallest absolute Gasteiger partial charge is 0.290 e. The average Bonchev–Trinajstić information content (AvgIpc) is 3.11. The van der Waals surface area contributed by atoms with Crippen LogP contribution in [0.5, 0.6) is 11.5 Å². The highest BCUT2D eigenvalue weighted by Gasteiger charge is 2.41. The topological polar surface area (TPSA) is 69.0 Å². The van der Waals surface area contributed by atoms with Crippen LogP contribution in [0, 0.1) is 13.8 Å². The van der Waals surface area contributed by atoms with Gasteiger partial charge in [0.1, 0.15) is 12.2 Å². The molecule has 0 saturated carbocycles. The largest absolute Gasteiger partial charge is 0.490 e. The first-order chi connectivity index (χ1) is 16.9. The van der Waals surface area contributed by atoms with E-state index < -0.39 is 6.04 Å². The Labute approximate surface area is 203 Å². The van der Waals surface area contributed by atoms with E-state index in [9.17, 15) is 9.59 Å². The molecule has 1 aliphatic heterocycles. The van der Waals surface area contributed by atoms with Crippen LogP contribution in [-0.4, -0.2) is 24.5 Å². The molecule has 6 nitrogen and oxygen atoms in total. The van der Waals surface area contributed by atoms with Gasteiger partial charge in [-0.3, -0.25) is 9.59 Å². The van der Waals surface area contributed by atoms with Crippen LogP contribution in [0.15, 0.2) is 69.9 Å².